The van der Waals surface area contributed by atoms with Gasteiger partial charge in [-0.15, -0.1) is 0 Å². The maximum atomic E-state index is 11.9. The Labute approximate surface area is 156 Å². The summed E-state index contributed by atoms with van der Waals surface area (Å²) in [6.07, 6.45) is 2.70. The highest BCUT2D eigenvalue weighted by Gasteiger charge is 2.13. The van der Waals surface area contributed by atoms with E-state index in [1.54, 1.807) is 18.3 Å². The molecule has 0 spiro atoms. The van der Waals surface area contributed by atoms with Crippen LogP contribution >= 0.6 is 0 Å². The van der Waals surface area contributed by atoms with E-state index in [9.17, 15) is 8.42 Å². The molecule has 0 radical (unpaired) electrons. The van der Waals surface area contributed by atoms with E-state index >= 15 is 0 Å². The molecule has 0 fully saturated rings. The highest BCUT2D eigenvalue weighted by molar-refractivity contribution is 7.90. The number of benzene rings is 1. The van der Waals surface area contributed by atoms with Crippen LogP contribution in [0.25, 0.3) is 0 Å². The molecule has 10 heteroatoms. The van der Waals surface area contributed by atoms with Gasteiger partial charge in [-0.3, -0.25) is 0 Å². The average Bonchev–Trinajstić information content (AvgIpc) is 2.93. The molecule has 27 heavy (non-hydrogen) atoms. The standard InChI is InChI=1S/C17H19N5O4S/c1-10-11(2)22-26-16(10)20-15-5-6-18-17(21-15)19-12-7-13(25-3)9-14(8-12)27(4,23)24/h5-9H,1-4H3,(H2,18,19,20,21). The van der Waals surface area contributed by atoms with Crippen molar-refractivity contribution in [3.05, 3.63) is 41.7 Å². The van der Waals surface area contributed by atoms with Crippen molar-refractivity contribution >= 4 is 33.2 Å². The minimum atomic E-state index is -3.39. The Morgan fingerprint density at radius 1 is 1.15 bits per heavy atom. The zero-order chi connectivity index (χ0) is 19.6. The SMILES string of the molecule is COc1cc(Nc2nccc(Nc3onc(C)c3C)n2)cc(S(C)(=O)=O)c1. The van der Waals surface area contributed by atoms with E-state index in [1.807, 2.05) is 13.8 Å². The number of aryl methyl sites for hydroxylation is 1. The molecule has 0 bridgehead atoms. The number of nitrogens with zero attached hydrogens (tertiary/aromatic N) is 3. The van der Waals surface area contributed by atoms with E-state index in [1.165, 1.54) is 19.2 Å². The van der Waals surface area contributed by atoms with Gasteiger partial charge >= 0.3 is 0 Å². The predicted molar refractivity (Wildman–Crippen MR) is 101 cm³/mol. The van der Waals surface area contributed by atoms with Crippen LogP contribution in [0.5, 0.6) is 5.75 Å². The number of methoxy groups -OCH3 is 1. The van der Waals surface area contributed by atoms with Crippen LogP contribution in [0.15, 0.2) is 39.9 Å². The fourth-order valence-corrected chi connectivity index (χ4v) is 2.91. The second-order valence-electron chi connectivity index (χ2n) is 5.91. The predicted octanol–water partition coefficient (Wildman–Crippen LogP) is 2.98. The van der Waals surface area contributed by atoms with Gasteiger partial charge in [-0.05, 0) is 32.0 Å². The number of aromatic nitrogens is 3. The van der Waals surface area contributed by atoms with Crippen LogP contribution in [0, 0.1) is 13.8 Å². The van der Waals surface area contributed by atoms with Gasteiger partial charge in [0.2, 0.25) is 11.8 Å². The molecule has 3 aromatic rings. The van der Waals surface area contributed by atoms with Crippen LogP contribution in [-0.4, -0.2) is 36.9 Å². The van der Waals surface area contributed by atoms with Crippen molar-refractivity contribution in [2.75, 3.05) is 24.0 Å². The summed E-state index contributed by atoms with van der Waals surface area (Å²) in [5.74, 6) is 1.68. The molecule has 2 N–H and O–H groups in total. The molecule has 0 aliphatic rings. The lowest BCUT2D eigenvalue weighted by Crippen LogP contribution is -2.03. The fourth-order valence-electron chi connectivity index (χ4n) is 2.24. The third-order valence-electron chi connectivity index (χ3n) is 3.85. The Hall–Kier alpha value is -3.14. The molecule has 9 nitrogen and oxygen atoms in total. The summed E-state index contributed by atoms with van der Waals surface area (Å²) >= 11 is 0. The Morgan fingerprint density at radius 3 is 2.56 bits per heavy atom. The van der Waals surface area contributed by atoms with E-state index in [2.05, 4.69) is 25.8 Å². The summed E-state index contributed by atoms with van der Waals surface area (Å²) in [5.41, 5.74) is 2.15. The Morgan fingerprint density at radius 2 is 1.93 bits per heavy atom. The molecule has 1 aromatic carbocycles. The van der Waals surface area contributed by atoms with E-state index in [0.717, 1.165) is 17.5 Å². The van der Waals surface area contributed by atoms with Gasteiger partial charge in [0.25, 0.3) is 0 Å². The van der Waals surface area contributed by atoms with Crippen LogP contribution in [0.2, 0.25) is 0 Å². The quantitative estimate of drug-likeness (QED) is 0.655. The molecule has 3 rings (SSSR count). The van der Waals surface area contributed by atoms with Gasteiger partial charge in [-0.25, -0.2) is 13.4 Å². The topological polar surface area (TPSA) is 119 Å². The summed E-state index contributed by atoms with van der Waals surface area (Å²) in [4.78, 5) is 8.63. The second-order valence-corrected chi connectivity index (χ2v) is 7.92. The van der Waals surface area contributed by atoms with Crippen LogP contribution in [0.4, 0.5) is 23.3 Å². The Balaban J connectivity index is 1.87. The van der Waals surface area contributed by atoms with E-state index in [4.69, 9.17) is 9.26 Å². The lowest BCUT2D eigenvalue weighted by atomic mass is 10.3. The van der Waals surface area contributed by atoms with Crippen LogP contribution < -0.4 is 15.4 Å². The van der Waals surface area contributed by atoms with Crippen molar-refractivity contribution in [3.63, 3.8) is 0 Å². The zero-order valence-corrected chi connectivity index (χ0v) is 16.1. The third-order valence-corrected chi connectivity index (χ3v) is 4.95. The van der Waals surface area contributed by atoms with Gasteiger partial charge < -0.3 is 19.9 Å². The average molecular weight is 389 g/mol. The largest absolute Gasteiger partial charge is 0.497 e. The number of rotatable bonds is 6. The normalized spacial score (nSPS) is 11.3. The first-order valence-electron chi connectivity index (χ1n) is 7.95. The molecule has 0 atom stereocenters. The summed E-state index contributed by atoms with van der Waals surface area (Å²) in [6, 6.07) is 6.28. The van der Waals surface area contributed by atoms with Crippen LogP contribution in [0.1, 0.15) is 11.3 Å². The van der Waals surface area contributed by atoms with E-state index in [-0.39, 0.29) is 10.8 Å². The van der Waals surface area contributed by atoms with Gasteiger partial charge in [0, 0.05) is 29.8 Å². The molecular formula is C17H19N5O4S. The van der Waals surface area contributed by atoms with Gasteiger partial charge in [-0.2, -0.15) is 4.98 Å². The summed E-state index contributed by atoms with van der Waals surface area (Å²) in [6.45, 7) is 3.73. The first-order chi connectivity index (χ1) is 12.8. The van der Waals surface area contributed by atoms with Gasteiger partial charge in [-0.1, -0.05) is 5.16 Å². The second kappa shape index (κ2) is 7.23. The van der Waals surface area contributed by atoms with Crippen LogP contribution in [0.3, 0.4) is 0 Å². The number of hydrogen-bond acceptors (Lipinski definition) is 9. The van der Waals surface area contributed by atoms with E-state index in [0.29, 0.717) is 23.1 Å². The molecule has 2 aromatic heterocycles. The number of hydrogen-bond donors (Lipinski definition) is 2. The monoisotopic (exact) mass is 389 g/mol. The summed E-state index contributed by atoms with van der Waals surface area (Å²) < 4.78 is 34.1. The smallest absolute Gasteiger partial charge is 0.233 e. The highest BCUT2D eigenvalue weighted by Crippen LogP contribution is 2.26. The zero-order valence-electron chi connectivity index (χ0n) is 15.3. The van der Waals surface area contributed by atoms with Crippen molar-refractivity contribution < 1.29 is 17.7 Å². The number of nitrogens with one attached hydrogen (secondary N) is 2. The third kappa shape index (κ3) is 4.34. The minimum Gasteiger partial charge on any atom is -0.497 e. The minimum absolute atomic E-state index is 0.131. The summed E-state index contributed by atoms with van der Waals surface area (Å²) in [7, 11) is -1.93. The lowest BCUT2D eigenvalue weighted by molar-refractivity contribution is 0.413. The van der Waals surface area contributed by atoms with Crippen molar-refractivity contribution in [2.24, 2.45) is 0 Å². The molecule has 0 saturated carbocycles. The fraction of sp³-hybridized carbons (Fsp3) is 0.235. The Kier molecular flexibility index (Phi) is 5.00. The van der Waals surface area contributed by atoms with E-state index < -0.39 is 9.84 Å². The molecule has 142 valence electrons. The van der Waals surface area contributed by atoms with Crippen molar-refractivity contribution in [2.45, 2.75) is 18.7 Å². The van der Waals surface area contributed by atoms with Crippen molar-refractivity contribution in [3.8, 4) is 5.75 Å². The highest BCUT2D eigenvalue weighted by atomic mass is 32.2. The molecule has 0 aliphatic heterocycles. The first kappa shape index (κ1) is 18.6. The molecule has 0 unspecified atom stereocenters. The maximum Gasteiger partial charge on any atom is 0.233 e. The van der Waals surface area contributed by atoms with Crippen molar-refractivity contribution in [1.82, 2.24) is 15.1 Å². The first-order valence-corrected chi connectivity index (χ1v) is 9.84. The number of anilines is 4. The lowest BCUT2D eigenvalue weighted by Gasteiger charge is -2.10. The molecule has 2 heterocycles. The summed E-state index contributed by atoms with van der Waals surface area (Å²) in [5, 5.41) is 9.91. The molecule has 0 amide bonds. The van der Waals surface area contributed by atoms with Gasteiger partial charge in [0.15, 0.2) is 9.84 Å². The maximum absolute atomic E-state index is 11.9. The number of ether oxygens (including phenoxy) is 1. The van der Waals surface area contributed by atoms with Crippen molar-refractivity contribution in [1.29, 1.82) is 0 Å². The molecule has 0 saturated heterocycles. The molecule has 0 aliphatic carbocycles. The molecular weight excluding hydrogens is 370 g/mol. The van der Waals surface area contributed by atoms with Crippen LogP contribution in [-0.2, 0) is 9.84 Å². The van der Waals surface area contributed by atoms with Gasteiger partial charge in [0.05, 0.1) is 17.7 Å². The van der Waals surface area contributed by atoms with Gasteiger partial charge in [0.1, 0.15) is 11.6 Å². The number of sulfone groups is 1. The Bertz CT molecular complexity index is 1080.